The molecule has 0 saturated heterocycles. The lowest BCUT2D eigenvalue weighted by molar-refractivity contribution is 0.0946. The van der Waals surface area contributed by atoms with E-state index in [1.807, 2.05) is 18.2 Å². The van der Waals surface area contributed by atoms with Crippen molar-refractivity contribution in [2.75, 3.05) is 17.2 Å². The summed E-state index contributed by atoms with van der Waals surface area (Å²) < 4.78 is 28.4. The second kappa shape index (κ2) is 7.78. The van der Waals surface area contributed by atoms with Crippen LogP contribution in [0, 0.1) is 0 Å². The highest BCUT2D eigenvalue weighted by Gasteiger charge is 2.21. The molecule has 2 rings (SSSR count). The molecule has 2 atom stereocenters. The number of benzene rings is 1. The van der Waals surface area contributed by atoms with Gasteiger partial charge in [0.25, 0.3) is 11.3 Å². The molecule has 0 aromatic heterocycles. The molecular formula is C14H18ClNO3S. The van der Waals surface area contributed by atoms with Crippen molar-refractivity contribution >= 4 is 34.1 Å². The molecule has 1 aliphatic rings. The molecule has 0 bridgehead atoms. The molecule has 0 amide bonds. The van der Waals surface area contributed by atoms with Crippen molar-refractivity contribution in [3.63, 3.8) is 0 Å². The molecule has 20 heavy (non-hydrogen) atoms. The van der Waals surface area contributed by atoms with Gasteiger partial charge in [-0.05, 0) is 30.9 Å². The van der Waals surface area contributed by atoms with Crippen LogP contribution in [-0.2, 0) is 16.0 Å². The predicted molar refractivity (Wildman–Crippen MR) is 83.1 cm³/mol. The van der Waals surface area contributed by atoms with Crippen molar-refractivity contribution in [1.82, 2.24) is 0 Å². The molecule has 2 unspecified atom stereocenters. The van der Waals surface area contributed by atoms with E-state index in [0.717, 1.165) is 30.4 Å². The Bertz CT molecular complexity index is 507. The van der Waals surface area contributed by atoms with Gasteiger partial charge in [-0.25, -0.2) is 4.21 Å². The number of anilines is 1. The fourth-order valence-electron chi connectivity index (χ4n) is 2.41. The first-order valence-corrected chi connectivity index (χ1v) is 8.21. The van der Waals surface area contributed by atoms with E-state index in [1.165, 1.54) is 0 Å². The van der Waals surface area contributed by atoms with Gasteiger partial charge >= 0.3 is 0 Å². The Labute approximate surface area is 126 Å². The van der Waals surface area contributed by atoms with Crippen molar-refractivity contribution in [2.45, 2.75) is 25.4 Å². The molecule has 1 aliphatic carbocycles. The predicted octanol–water partition coefficient (Wildman–Crippen LogP) is 3.43. The fraction of sp³-hybridized carbons (Fsp3) is 0.429. The number of nitrogens with one attached hydrogen (secondary N) is 1. The summed E-state index contributed by atoms with van der Waals surface area (Å²) in [6.45, 7) is 0.505. The zero-order chi connectivity index (χ0) is 14.4. The van der Waals surface area contributed by atoms with Gasteiger partial charge in [0, 0.05) is 11.4 Å². The number of rotatable bonds is 6. The van der Waals surface area contributed by atoms with Gasteiger partial charge in [-0.1, -0.05) is 24.3 Å². The van der Waals surface area contributed by atoms with Crippen molar-refractivity contribution in [1.29, 1.82) is 0 Å². The molecule has 4 nitrogen and oxygen atoms in total. The van der Waals surface area contributed by atoms with Gasteiger partial charge in [0.2, 0.25) is 0 Å². The van der Waals surface area contributed by atoms with E-state index in [4.69, 9.17) is 20.9 Å². The van der Waals surface area contributed by atoms with Gasteiger partial charge in [-0.15, -0.1) is 11.6 Å². The molecule has 0 fully saturated rings. The van der Waals surface area contributed by atoms with E-state index < -0.39 is 11.3 Å². The van der Waals surface area contributed by atoms with Crippen LogP contribution in [0.15, 0.2) is 30.3 Å². The lowest BCUT2D eigenvalue weighted by Crippen LogP contribution is -2.20. The fourth-order valence-corrected chi connectivity index (χ4v) is 2.86. The number of halogens is 1. The summed E-state index contributed by atoms with van der Waals surface area (Å²) in [5.74, 6) is 0.463. The maximum Gasteiger partial charge on any atom is 0.259 e. The number of hydrogen-bond acceptors (Lipinski definition) is 2. The lowest BCUT2D eigenvalue weighted by Gasteiger charge is -2.26. The van der Waals surface area contributed by atoms with Gasteiger partial charge in [0.1, 0.15) is 0 Å². The van der Waals surface area contributed by atoms with Crippen LogP contribution in [0.1, 0.15) is 24.8 Å². The molecule has 0 spiro atoms. The first kappa shape index (κ1) is 15.5. The summed E-state index contributed by atoms with van der Waals surface area (Å²) in [5.41, 5.74) is 2.62. The molecule has 1 aromatic carbocycles. The van der Waals surface area contributed by atoms with Crippen LogP contribution in [0.3, 0.4) is 0 Å². The number of para-hydroxylation sites is 1. The third-order valence-electron chi connectivity index (χ3n) is 3.21. The van der Waals surface area contributed by atoms with Crippen LogP contribution in [0.25, 0.3) is 5.57 Å². The zero-order valence-corrected chi connectivity index (χ0v) is 12.6. The Morgan fingerprint density at radius 1 is 1.45 bits per heavy atom. The Morgan fingerprint density at radius 2 is 2.25 bits per heavy atom. The monoisotopic (exact) mass is 315 g/mol. The highest BCUT2D eigenvalue weighted by atomic mass is 35.5. The minimum Gasteiger partial charge on any atom is -0.372 e. The third-order valence-corrected chi connectivity index (χ3v) is 3.76. The van der Waals surface area contributed by atoms with Crippen molar-refractivity contribution in [3.05, 3.63) is 35.9 Å². The molecular weight excluding hydrogens is 298 g/mol. The summed E-state index contributed by atoms with van der Waals surface area (Å²) >= 11 is 3.60. The number of alkyl halides is 1. The Hall–Kier alpha value is -0.880. The molecule has 6 heteroatoms. The van der Waals surface area contributed by atoms with Crippen LogP contribution >= 0.6 is 11.6 Å². The summed E-state index contributed by atoms with van der Waals surface area (Å²) in [6.07, 6.45) is 5.16. The highest BCUT2D eigenvalue weighted by molar-refractivity contribution is 7.80. The van der Waals surface area contributed by atoms with Crippen LogP contribution in [0.4, 0.5) is 5.69 Å². The maximum atomic E-state index is 11.0. The molecule has 110 valence electrons. The molecule has 0 radical (unpaired) electrons. The van der Waals surface area contributed by atoms with Crippen molar-refractivity contribution in [3.8, 4) is 0 Å². The van der Waals surface area contributed by atoms with Crippen LogP contribution < -0.4 is 4.72 Å². The van der Waals surface area contributed by atoms with Crippen LogP contribution in [-0.4, -0.2) is 27.4 Å². The average Bonchev–Trinajstić information content (AvgIpc) is 2.45. The summed E-state index contributed by atoms with van der Waals surface area (Å²) in [4.78, 5) is 0. The summed E-state index contributed by atoms with van der Waals surface area (Å²) in [5, 5.41) is 0. The normalized spacial score (nSPS) is 20.3. The van der Waals surface area contributed by atoms with Gasteiger partial charge in [-0.3, -0.25) is 9.27 Å². The topological polar surface area (TPSA) is 58.6 Å². The average molecular weight is 316 g/mol. The molecule has 0 saturated carbocycles. The number of allylic oxidation sites excluding steroid dienone is 1. The number of hydrogen-bond donors (Lipinski definition) is 2. The van der Waals surface area contributed by atoms with Gasteiger partial charge < -0.3 is 4.74 Å². The minimum atomic E-state index is -2.09. The molecule has 1 aromatic rings. The first-order chi connectivity index (χ1) is 9.72. The molecule has 2 N–H and O–H groups in total. The Kier molecular flexibility index (Phi) is 6.04. The van der Waals surface area contributed by atoms with Gasteiger partial charge in [0.15, 0.2) is 0 Å². The smallest absolute Gasteiger partial charge is 0.259 e. The minimum absolute atomic E-state index is 0.00224. The van der Waals surface area contributed by atoms with E-state index in [-0.39, 0.29) is 6.10 Å². The van der Waals surface area contributed by atoms with E-state index in [9.17, 15) is 4.21 Å². The van der Waals surface area contributed by atoms with Crippen molar-refractivity contribution < 1.29 is 13.5 Å². The van der Waals surface area contributed by atoms with E-state index in [0.29, 0.717) is 18.2 Å². The Balaban J connectivity index is 2.28. The van der Waals surface area contributed by atoms with E-state index in [2.05, 4.69) is 10.8 Å². The number of ether oxygens (including phenoxy) is 1. The van der Waals surface area contributed by atoms with Gasteiger partial charge in [0.05, 0.1) is 18.4 Å². The summed E-state index contributed by atoms with van der Waals surface area (Å²) in [7, 11) is 0. The van der Waals surface area contributed by atoms with E-state index in [1.54, 1.807) is 6.07 Å². The largest absolute Gasteiger partial charge is 0.372 e. The van der Waals surface area contributed by atoms with Crippen LogP contribution in [0.5, 0.6) is 0 Å². The standard InChI is InChI=1S/C14H18ClNO3S/c15-9-10-19-14-8-4-2-6-12(14)11-5-1-3-7-13(11)16-20(17)18/h1,3,5-7,14,16H,2,4,8-10H2,(H,17,18). The quantitative estimate of drug-likeness (QED) is 0.624. The second-order valence-corrected chi connectivity index (χ2v) is 5.62. The zero-order valence-electron chi connectivity index (χ0n) is 11.0. The molecule has 0 heterocycles. The Morgan fingerprint density at radius 3 is 3.00 bits per heavy atom. The molecule has 0 aliphatic heterocycles. The third kappa shape index (κ3) is 4.06. The second-order valence-electron chi connectivity index (χ2n) is 4.54. The summed E-state index contributed by atoms with van der Waals surface area (Å²) in [6, 6.07) is 7.46. The first-order valence-electron chi connectivity index (χ1n) is 6.57. The maximum absolute atomic E-state index is 11.0. The van der Waals surface area contributed by atoms with E-state index >= 15 is 0 Å². The van der Waals surface area contributed by atoms with Crippen molar-refractivity contribution in [2.24, 2.45) is 0 Å². The highest BCUT2D eigenvalue weighted by Crippen LogP contribution is 2.33. The SMILES string of the molecule is O=S(O)Nc1ccccc1C1=CCCCC1OCCCl. The van der Waals surface area contributed by atoms with Gasteiger partial charge in [-0.2, -0.15) is 0 Å². The van der Waals surface area contributed by atoms with Crippen LogP contribution in [0.2, 0.25) is 0 Å². The lowest BCUT2D eigenvalue weighted by atomic mass is 9.90.